The highest BCUT2D eigenvalue weighted by atomic mass is 35.5. The first-order valence-electron chi connectivity index (χ1n) is 5.81. The number of hydrogen-bond donors (Lipinski definition) is 2. The van der Waals surface area contributed by atoms with Gasteiger partial charge < -0.3 is 11.1 Å². The van der Waals surface area contributed by atoms with Crippen LogP contribution in [0, 0.1) is 18.6 Å². The Morgan fingerprint density at radius 2 is 1.81 bits per heavy atom. The van der Waals surface area contributed by atoms with Crippen LogP contribution >= 0.6 is 23.2 Å². The summed E-state index contributed by atoms with van der Waals surface area (Å²) in [6.07, 6.45) is 0. The van der Waals surface area contributed by atoms with E-state index in [9.17, 15) is 13.6 Å². The predicted octanol–water partition coefficient (Wildman–Crippen LogP) is 4.41. The molecule has 7 heteroatoms. The van der Waals surface area contributed by atoms with Crippen molar-refractivity contribution in [1.82, 2.24) is 0 Å². The van der Waals surface area contributed by atoms with Gasteiger partial charge in [-0.2, -0.15) is 0 Å². The number of hydrogen-bond acceptors (Lipinski definition) is 2. The number of halogens is 4. The fourth-order valence-corrected chi connectivity index (χ4v) is 2.01. The highest BCUT2D eigenvalue weighted by molar-refractivity contribution is 6.44. The molecule has 2 rings (SSSR count). The van der Waals surface area contributed by atoms with Gasteiger partial charge in [-0.3, -0.25) is 4.79 Å². The molecule has 0 spiro atoms. The van der Waals surface area contributed by atoms with Crippen LogP contribution in [-0.4, -0.2) is 5.91 Å². The van der Waals surface area contributed by atoms with Crippen molar-refractivity contribution in [2.75, 3.05) is 11.1 Å². The van der Waals surface area contributed by atoms with Crippen molar-refractivity contribution in [1.29, 1.82) is 0 Å². The minimum atomic E-state index is -0.740. The quantitative estimate of drug-likeness (QED) is 0.801. The number of carbonyl (C=O) groups excluding carboxylic acids is 1. The van der Waals surface area contributed by atoms with Crippen LogP contribution in [0.2, 0.25) is 10.0 Å². The van der Waals surface area contributed by atoms with E-state index in [1.54, 1.807) is 0 Å². The second-order valence-corrected chi connectivity index (χ2v) is 5.18. The number of aryl methyl sites for hydroxylation is 1. The predicted molar refractivity (Wildman–Crippen MR) is 79.9 cm³/mol. The lowest BCUT2D eigenvalue weighted by Crippen LogP contribution is -2.14. The number of benzene rings is 2. The summed E-state index contributed by atoms with van der Waals surface area (Å²) in [6.45, 7) is 1.42. The molecule has 21 heavy (non-hydrogen) atoms. The van der Waals surface area contributed by atoms with E-state index in [1.807, 2.05) is 0 Å². The topological polar surface area (TPSA) is 55.1 Å². The molecule has 0 atom stereocenters. The van der Waals surface area contributed by atoms with E-state index in [2.05, 4.69) is 5.32 Å². The van der Waals surface area contributed by atoms with E-state index in [1.165, 1.54) is 19.1 Å². The summed E-state index contributed by atoms with van der Waals surface area (Å²) >= 11 is 11.6. The van der Waals surface area contributed by atoms with E-state index in [0.717, 1.165) is 12.1 Å². The molecular weight excluding hydrogens is 321 g/mol. The molecule has 0 radical (unpaired) electrons. The Morgan fingerprint density at radius 3 is 2.43 bits per heavy atom. The second-order valence-electron chi connectivity index (χ2n) is 4.40. The van der Waals surface area contributed by atoms with E-state index in [0.29, 0.717) is 0 Å². The Bertz CT molecular complexity index is 712. The lowest BCUT2D eigenvalue weighted by atomic mass is 10.1. The van der Waals surface area contributed by atoms with Gasteiger partial charge in [-0.05, 0) is 30.7 Å². The molecule has 0 bridgehead atoms. The van der Waals surface area contributed by atoms with E-state index < -0.39 is 17.5 Å². The van der Waals surface area contributed by atoms with Crippen LogP contribution in [0.15, 0.2) is 24.3 Å². The van der Waals surface area contributed by atoms with Crippen molar-refractivity contribution in [3.8, 4) is 0 Å². The molecule has 0 aliphatic heterocycles. The molecule has 3 N–H and O–H groups in total. The molecule has 2 aromatic rings. The molecular formula is C14H10Cl2F2N2O. The van der Waals surface area contributed by atoms with Crippen molar-refractivity contribution >= 4 is 40.5 Å². The summed E-state index contributed by atoms with van der Waals surface area (Å²) in [5.41, 5.74) is 5.67. The smallest absolute Gasteiger partial charge is 0.255 e. The van der Waals surface area contributed by atoms with Gasteiger partial charge in [0.1, 0.15) is 11.6 Å². The van der Waals surface area contributed by atoms with Crippen LogP contribution in [-0.2, 0) is 0 Å². The number of amides is 1. The van der Waals surface area contributed by atoms with Crippen LogP contribution < -0.4 is 11.1 Å². The summed E-state index contributed by atoms with van der Waals surface area (Å²) in [5, 5.41) is 2.48. The average molecular weight is 331 g/mol. The molecule has 2 aromatic carbocycles. The molecule has 0 saturated heterocycles. The lowest BCUT2D eigenvalue weighted by Gasteiger charge is -2.09. The highest BCUT2D eigenvalue weighted by Gasteiger charge is 2.14. The Hall–Kier alpha value is -1.85. The third-order valence-electron chi connectivity index (χ3n) is 2.82. The van der Waals surface area contributed by atoms with E-state index in [-0.39, 0.29) is 32.5 Å². The van der Waals surface area contributed by atoms with Gasteiger partial charge in [0.05, 0.1) is 21.4 Å². The zero-order valence-corrected chi connectivity index (χ0v) is 12.3. The molecule has 1 amide bonds. The Morgan fingerprint density at radius 1 is 1.14 bits per heavy atom. The number of rotatable bonds is 2. The van der Waals surface area contributed by atoms with Gasteiger partial charge in [-0.15, -0.1) is 0 Å². The molecule has 110 valence electrons. The molecule has 0 unspecified atom stereocenters. The third-order valence-corrected chi connectivity index (χ3v) is 3.63. The van der Waals surface area contributed by atoms with Gasteiger partial charge in [0.2, 0.25) is 0 Å². The van der Waals surface area contributed by atoms with Gasteiger partial charge in [0.25, 0.3) is 5.91 Å². The summed E-state index contributed by atoms with van der Waals surface area (Å²) in [6, 6.07) is 4.49. The molecule has 0 fully saturated rings. The normalized spacial score (nSPS) is 10.5. The summed E-state index contributed by atoms with van der Waals surface area (Å²) in [5.74, 6) is -2.04. The van der Waals surface area contributed by atoms with Gasteiger partial charge in [-0.1, -0.05) is 23.2 Å². The van der Waals surface area contributed by atoms with Gasteiger partial charge in [0, 0.05) is 11.6 Å². The largest absolute Gasteiger partial charge is 0.397 e. The van der Waals surface area contributed by atoms with Crippen molar-refractivity contribution in [3.05, 3.63) is 57.1 Å². The summed E-state index contributed by atoms with van der Waals surface area (Å²) in [4.78, 5) is 12.0. The number of nitrogens with one attached hydrogen (secondary N) is 1. The van der Waals surface area contributed by atoms with Crippen LogP contribution in [0.3, 0.4) is 0 Å². The molecule has 0 aromatic heterocycles. The highest BCUT2D eigenvalue weighted by Crippen LogP contribution is 2.30. The van der Waals surface area contributed by atoms with E-state index in [4.69, 9.17) is 28.9 Å². The first kappa shape index (κ1) is 15.5. The second kappa shape index (κ2) is 5.87. The van der Waals surface area contributed by atoms with Gasteiger partial charge in [0.15, 0.2) is 0 Å². The fraction of sp³-hybridized carbons (Fsp3) is 0.0714. The zero-order chi connectivity index (χ0) is 15.7. The van der Waals surface area contributed by atoms with Crippen molar-refractivity contribution < 1.29 is 13.6 Å². The van der Waals surface area contributed by atoms with Gasteiger partial charge in [-0.25, -0.2) is 8.78 Å². The molecule has 0 heterocycles. The van der Waals surface area contributed by atoms with E-state index >= 15 is 0 Å². The maximum Gasteiger partial charge on any atom is 0.255 e. The van der Waals surface area contributed by atoms with Crippen molar-refractivity contribution in [2.45, 2.75) is 6.92 Å². The zero-order valence-electron chi connectivity index (χ0n) is 10.8. The first-order chi connectivity index (χ1) is 9.79. The van der Waals surface area contributed by atoms with Gasteiger partial charge >= 0.3 is 0 Å². The van der Waals surface area contributed by atoms with Crippen LogP contribution in [0.25, 0.3) is 0 Å². The summed E-state index contributed by atoms with van der Waals surface area (Å²) < 4.78 is 27.1. The number of nitrogen functional groups attached to an aromatic ring is 1. The number of anilines is 2. The minimum absolute atomic E-state index is 0.0854. The SMILES string of the molecule is Cc1cc(F)c(NC(=O)c2cc(N)c(Cl)c(Cl)c2)cc1F. The third kappa shape index (κ3) is 3.25. The molecule has 3 nitrogen and oxygen atoms in total. The minimum Gasteiger partial charge on any atom is -0.397 e. The molecule has 0 aliphatic rings. The Balaban J connectivity index is 2.32. The number of carbonyl (C=O) groups is 1. The lowest BCUT2D eigenvalue weighted by molar-refractivity contribution is 0.102. The van der Waals surface area contributed by atoms with Crippen LogP contribution in [0.5, 0.6) is 0 Å². The average Bonchev–Trinajstić information content (AvgIpc) is 2.41. The Labute approximate surface area is 129 Å². The standard InChI is InChI=1S/C14H10Cl2F2N2O/c1-6-2-10(18)12(5-9(6)17)20-14(21)7-3-8(15)13(16)11(19)4-7/h2-5H,19H2,1H3,(H,20,21). The maximum absolute atomic E-state index is 13.7. The molecule has 0 aliphatic carbocycles. The van der Waals surface area contributed by atoms with Crippen LogP contribution in [0.1, 0.15) is 15.9 Å². The first-order valence-corrected chi connectivity index (χ1v) is 6.56. The van der Waals surface area contributed by atoms with Crippen molar-refractivity contribution in [2.24, 2.45) is 0 Å². The number of nitrogens with two attached hydrogens (primary N) is 1. The van der Waals surface area contributed by atoms with Crippen molar-refractivity contribution in [3.63, 3.8) is 0 Å². The fourth-order valence-electron chi connectivity index (χ4n) is 1.68. The Kier molecular flexibility index (Phi) is 4.34. The monoisotopic (exact) mass is 330 g/mol. The summed E-state index contributed by atoms with van der Waals surface area (Å²) in [7, 11) is 0. The molecule has 0 saturated carbocycles. The van der Waals surface area contributed by atoms with Crippen LogP contribution in [0.4, 0.5) is 20.2 Å². The maximum atomic E-state index is 13.7.